The van der Waals surface area contributed by atoms with Crippen molar-refractivity contribution < 1.29 is 14.0 Å². The predicted octanol–water partition coefficient (Wildman–Crippen LogP) is 6.29. The fourth-order valence-corrected chi connectivity index (χ4v) is 7.35. The molecule has 1 aliphatic carbocycles. The van der Waals surface area contributed by atoms with E-state index in [1.165, 1.54) is 0 Å². The van der Waals surface area contributed by atoms with Gasteiger partial charge in [0.1, 0.15) is 11.7 Å². The molecular formula is C36H42FN7O2. The van der Waals surface area contributed by atoms with Gasteiger partial charge in [-0.25, -0.2) is 14.4 Å². The summed E-state index contributed by atoms with van der Waals surface area (Å²) in [7, 11) is 1.63. The van der Waals surface area contributed by atoms with Crippen molar-refractivity contribution in [1.29, 1.82) is 0 Å². The van der Waals surface area contributed by atoms with Crippen molar-refractivity contribution >= 4 is 40.0 Å². The molecular weight excluding hydrogens is 581 g/mol. The van der Waals surface area contributed by atoms with Crippen molar-refractivity contribution in [2.75, 3.05) is 30.4 Å². The van der Waals surface area contributed by atoms with Gasteiger partial charge in [0.25, 0.3) is 5.91 Å². The molecule has 2 fully saturated rings. The van der Waals surface area contributed by atoms with Gasteiger partial charge in [-0.3, -0.25) is 14.5 Å². The van der Waals surface area contributed by atoms with Crippen LogP contribution in [0.4, 0.5) is 21.6 Å². The summed E-state index contributed by atoms with van der Waals surface area (Å²) in [5, 5.41) is 6.21. The van der Waals surface area contributed by atoms with Gasteiger partial charge in [0, 0.05) is 60.8 Å². The Morgan fingerprint density at radius 3 is 2.57 bits per heavy atom. The Kier molecular flexibility index (Phi) is 7.38. The molecule has 0 spiro atoms. The van der Waals surface area contributed by atoms with Gasteiger partial charge >= 0.3 is 0 Å². The van der Waals surface area contributed by atoms with Gasteiger partial charge in [-0.15, -0.1) is 0 Å². The average molecular weight is 624 g/mol. The van der Waals surface area contributed by atoms with Crippen LogP contribution in [0.25, 0.3) is 22.3 Å². The highest BCUT2D eigenvalue weighted by molar-refractivity contribution is 6.09. The maximum absolute atomic E-state index is 13.9. The number of nitrogens with one attached hydrogen (secondary N) is 2. The summed E-state index contributed by atoms with van der Waals surface area (Å²) in [4.78, 5) is 40.5. The third-order valence-electron chi connectivity index (χ3n) is 10.2. The monoisotopic (exact) mass is 623 g/mol. The molecule has 2 aromatic carbocycles. The van der Waals surface area contributed by atoms with Crippen LogP contribution < -0.4 is 15.5 Å². The van der Waals surface area contributed by atoms with E-state index in [9.17, 15) is 14.0 Å². The van der Waals surface area contributed by atoms with Gasteiger partial charge in [-0.2, -0.15) is 0 Å². The first-order valence-electron chi connectivity index (χ1n) is 16.3. The predicted molar refractivity (Wildman–Crippen MR) is 180 cm³/mol. The lowest BCUT2D eigenvalue weighted by atomic mass is 9.83. The first-order valence-corrected chi connectivity index (χ1v) is 16.3. The molecule has 0 unspecified atom stereocenters. The number of pyridine rings is 1. The number of hydrogen-bond donors (Lipinski definition) is 2. The number of carbonyl (C=O) groups is 2. The minimum Gasteiger partial charge on any atom is -0.355 e. The van der Waals surface area contributed by atoms with Crippen molar-refractivity contribution in [3.63, 3.8) is 0 Å². The summed E-state index contributed by atoms with van der Waals surface area (Å²) in [6, 6.07) is 14.5. The highest BCUT2D eigenvalue weighted by Crippen LogP contribution is 2.48. The Morgan fingerprint density at radius 2 is 1.87 bits per heavy atom. The molecule has 240 valence electrons. The highest BCUT2D eigenvalue weighted by Gasteiger charge is 2.50. The van der Waals surface area contributed by atoms with Crippen molar-refractivity contribution in [1.82, 2.24) is 24.8 Å². The lowest BCUT2D eigenvalue weighted by molar-refractivity contribution is -0.123. The molecule has 1 atom stereocenters. The lowest BCUT2D eigenvalue weighted by Crippen LogP contribution is -2.55. The number of aryl methyl sites for hydroxylation is 1. The van der Waals surface area contributed by atoms with Crippen LogP contribution in [0.3, 0.4) is 0 Å². The molecule has 2 aromatic heterocycles. The number of hydrogen-bond acceptors (Lipinski definition) is 6. The van der Waals surface area contributed by atoms with Gasteiger partial charge in [0.05, 0.1) is 23.0 Å². The Bertz CT molecular complexity index is 1860. The third-order valence-corrected chi connectivity index (χ3v) is 10.2. The van der Waals surface area contributed by atoms with Crippen LogP contribution in [0.1, 0.15) is 74.5 Å². The van der Waals surface area contributed by atoms with Crippen molar-refractivity contribution in [3.05, 3.63) is 65.5 Å². The minimum atomic E-state index is -0.741. The summed E-state index contributed by atoms with van der Waals surface area (Å²) >= 11 is 0. The fourth-order valence-electron chi connectivity index (χ4n) is 7.35. The molecule has 0 radical (unpaired) electrons. The molecule has 2 amide bonds. The van der Waals surface area contributed by atoms with Crippen LogP contribution in [-0.2, 0) is 10.2 Å². The molecule has 46 heavy (non-hydrogen) atoms. The molecule has 2 N–H and O–H groups in total. The average Bonchev–Trinajstić information content (AvgIpc) is 3.69. The fraction of sp³-hybridized carbons (Fsp3) is 0.444. The summed E-state index contributed by atoms with van der Waals surface area (Å²) in [5.41, 5.74) is 6.83. The van der Waals surface area contributed by atoms with E-state index in [2.05, 4.69) is 46.1 Å². The minimum absolute atomic E-state index is 0.0948. The molecule has 4 aromatic rings. The molecule has 4 heterocycles. The maximum atomic E-state index is 13.9. The normalized spacial score (nSPS) is 22.4. The molecule has 9 nitrogen and oxygen atoms in total. The van der Waals surface area contributed by atoms with E-state index in [-0.39, 0.29) is 23.9 Å². The standard InChI is InChI=1S/C36H42FN7O2/c1-20(2)43-19-39-30-17-29(41-33(32(30)43)40-24-9-7-21(3)27(14-24)34(45)38-6)22-8-10-28-31(13-22)44(35(46)36(28,4)5)26-15-25(16-26)42-12-11-23(37)18-42/h7-10,13-14,17,19-20,23,25-26H,11-12,15-16,18H2,1-6H3,(H,38,45)(H,40,41)/t23-,25?,26?/m1/s1. The van der Waals surface area contributed by atoms with E-state index >= 15 is 0 Å². The molecule has 0 bridgehead atoms. The van der Waals surface area contributed by atoms with Crippen LogP contribution in [0.15, 0.2) is 48.8 Å². The Balaban J connectivity index is 1.26. The molecule has 2 aliphatic heterocycles. The topological polar surface area (TPSA) is 95.4 Å². The number of aromatic nitrogens is 3. The Hall–Kier alpha value is -4.31. The number of likely N-dealkylation sites (tertiary alicyclic amines) is 1. The Labute approximate surface area is 269 Å². The number of amides is 2. The van der Waals surface area contributed by atoms with Crippen molar-refractivity contribution in [2.24, 2.45) is 0 Å². The zero-order chi connectivity index (χ0) is 32.5. The largest absolute Gasteiger partial charge is 0.355 e. The first kappa shape index (κ1) is 30.3. The third kappa shape index (κ3) is 4.94. The molecule has 1 saturated carbocycles. The van der Waals surface area contributed by atoms with Gasteiger partial charge < -0.3 is 20.1 Å². The van der Waals surface area contributed by atoms with Crippen LogP contribution in [0.5, 0.6) is 0 Å². The number of carbonyl (C=O) groups excluding carboxylic acids is 2. The van der Waals surface area contributed by atoms with Crippen LogP contribution >= 0.6 is 0 Å². The summed E-state index contributed by atoms with van der Waals surface area (Å²) < 4.78 is 16.0. The quantitative estimate of drug-likeness (QED) is 0.251. The SMILES string of the molecule is CNC(=O)c1cc(Nc2nc(-c3ccc4c(c3)N(C3CC(N5CC[C@@H](F)C5)C3)C(=O)C4(C)C)cc3ncn(C(C)C)c23)ccc1C. The van der Waals surface area contributed by atoms with Crippen LogP contribution in [-0.4, -0.2) is 69.6 Å². The van der Waals surface area contributed by atoms with E-state index in [4.69, 9.17) is 9.97 Å². The number of benzene rings is 2. The molecule has 10 heteroatoms. The summed E-state index contributed by atoms with van der Waals surface area (Å²) in [6.45, 7) is 11.4. The molecule has 1 saturated heterocycles. The maximum Gasteiger partial charge on any atom is 0.251 e. The smallest absolute Gasteiger partial charge is 0.251 e. The molecule has 3 aliphatic rings. The van der Waals surface area contributed by atoms with Gasteiger partial charge in [0.15, 0.2) is 5.82 Å². The van der Waals surface area contributed by atoms with Crippen molar-refractivity contribution in [2.45, 2.75) is 83.6 Å². The summed E-state index contributed by atoms with van der Waals surface area (Å²) in [6.07, 6.45) is 3.41. The van der Waals surface area contributed by atoms with Crippen LogP contribution in [0.2, 0.25) is 0 Å². The number of halogens is 1. The van der Waals surface area contributed by atoms with Gasteiger partial charge in [-0.05, 0) is 89.3 Å². The number of anilines is 3. The highest BCUT2D eigenvalue weighted by atomic mass is 19.1. The first-order chi connectivity index (χ1) is 22.0. The van der Waals surface area contributed by atoms with E-state index in [0.29, 0.717) is 30.4 Å². The number of alkyl halides is 1. The second kappa shape index (κ2) is 11.2. The molecule has 7 rings (SSSR count). The Morgan fingerprint density at radius 1 is 1.09 bits per heavy atom. The zero-order valence-electron chi connectivity index (χ0n) is 27.4. The number of imidazole rings is 1. The van der Waals surface area contributed by atoms with E-state index in [1.54, 1.807) is 7.05 Å². The number of fused-ring (bicyclic) bond motifs is 2. The van der Waals surface area contributed by atoms with Gasteiger partial charge in [-0.1, -0.05) is 18.2 Å². The second-order valence-electron chi connectivity index (χ2n) is 13.9. The number of nitrogens with zero attached hydrogens (tertiary/aromatic N) is 5. The summed E-state index contributed by atoms with van der Waals surface area (Å²) in [5.74, 6) is 0.601. The number of rotatable bonds is 7. The lowest BCUT2D eigenvalue weighted by Gasteiger charge is -2.45. The van der Waals surface area contributed by atoms with E-state index < -0.39 is 11.6 Å². The van der Waals surface area contributed by atoms with Gasteiger partial charge in [0.2, 0.25) is 5.91 Å². The van der Waals surface area contributed by atoms with E-state index in [1.807, 2.05) is 62.3 Å². The van der Waals surface area contributed by atoms with Crippen LogP contribution in [0, 0.1) is 6.92 Å². The van der Waals surface area contributed by atoms with Crippen molar-refractivity contribution in [3.8, 4) is 11.3 Å². The van der Waals surface area contributed by atoms with E-state index in [0.717, 1.165) is 64.2 Å². The zero-order valence-corrected chi connectivity index (χ0v) is 27.4. The second-order valence-corrected chi connectivity index (χ2v) is 13.9.